The minimum atomic E-state index is -1.13. The summed E-state index contributed by atoms with van der Waals surface area (Å²) in [5, 5.41) is 15.4. The van der Waals surface area contributed by atoms with Crippen molar-refractivity contribution in [2.75, 3.05) is 41.3 Å². The van der Waals surface area contributed by atoms with Gasteiger partial charge in [-0.05, 0) is 49.2 Å². The van der Waals surface area contributed by atoms with Gasteiger partial charge in [0, 0.05) is 55.4 Å². The number of carboxylic acid groups (broad SMARTS) is 1. The fourth-order valence-electron chi connectivity index (χ4n) is 4.66. The van der Waals surface area contributed by atoms with E-state index in [0.717, 1.165) is 50.4 Å². The Bertz CT molecular complexity index is 975. The summed E-state index contributed by atoms with van der Waals surface area (Å²) in [7, 11) is 0. The molecule has 0 radical (unpaired) electrons. The number of piperazine rings is 1. The number of rotatable bonds is 5. The Kier molecular flexibility index (Phi) is 7.11. The average molecular weight is 475 g/mol. The molecule has 0 bridgehead atoms. The van der Waals surface area contributed by atoms with Crippen LogP contribution in [0.25, 0.3) is 0 Å². The predicted octanol–water partition coefficient (Wildman–Crippen LogP) is 3.81. The lowest BCUT2D eigenvalue weighted by molar-refractivity contribution is -0.313. The number of carbonyl (C=O) groups excluding carboxylic acids is 2. The molecule has 1 amide bonds. The molecule has 1 aliphatic heterocycles. The number of nitrogens with zero attached hydrogens (tertiary/aromatic N) is 2. The minimum Gasteiger partial charge on any atom is -0.550 e. The first kappa shape index (κ1) is 22.7. The number of anilines is 3. The Balaban J connectivity index is 1.34. The van der Waals surface area contributed by atoms with Crippen molar-refractivity contribution in [3.8, 4) is 0 Å². The normalized spacial score (nSPS) is 21.3. The van der Waals surface area contributed by atoms with Gasteiger partial charge in [-0.15, -0.1) is 0 Å². The average Bonchev–Trinajstić information content (AvgIpc) is 2.81. The topological polar surface area (TPSA) is 75.7 Å². The number of carbonyl (C=O) groups is 2. The van der Waals surface area contributed by atoms with Crippen molar-refractivity contribution in [2.45, 2.75) is 25.7 Å². The number of hydrogen-bond acceptors (Lipinski definition) is 5. The first-order valence-corrected chi connectivity index (χ1v) is 11.8. The smallest absolute Gasteiger partial charge is 0.228 e. The summed E-state index contributed by atoms with van der Waals surface area (Å²) < 4.78 is 0. The first-order chi connectivity index (χ1) is 15.4. The molecule has 1 N–H and O–H groups in total. The van der Waals surface area contributed by atoms with E-state index >= 15 is 0 Å². The van der Waals surface area contributed by atoms with Crippen molar-refractivity contribution in [1.82, 2.24) is 0 Å². The van der Waals surface area contributed by atoms with Gasteiger partial charge >= 0.3 is 0 Å². The van der Waals surface area contributed by atoms with Crippen LogP contribution in [0.1, 0.15) is 25.7 Å². The van der Waals surface area contributed by atoms with Gasteiger partial charge in [-0.2, -0.15) is 0 Å². The number of benzene rings is 2. The molecule has 0 unspecified atom stereocenters. The number of nitrogens with one attached hydrogen (secondary N) is 1. The Labute approximate surface area is 198 Å². The number of hydrogen-bond donors (Lipinski definition) is 1. The van der Waals surface area contributed by atoms with E-state index in [1.807, 2.05) is 36.4 Å². The van der Waals surface area contributed by atoms with Crippen molar-refractivity contribution in [3.05, 3.63) is 52.5 Å². The van der Waals surface area contributed by atoms with Crippen LogP contribution in [0.3, 0.4) is 0 Å². The second-order valence-electron chi connectivity index (χ2n) is 8.40. The van der Waals surface area contributed by atoms with Gasteiger partial charge in [-0.3, -0.25) is 4.79 Å². The number of aliphatic carboxylic acids is 1. The quantitative estimate of drug-likeness (QED) is 0.712. The molecule has 4 rings (SSSR count). The highest BCUT2D eigenvalue weighted by atomic mass is 35.5. The van der Waals surface area contributed by atoms with E-state index in [1.54, 1.807) is 6.07 Å². The van der Waals surface area contributed by atoms with Crippen LogP contribution < -0.4 is 20.2 Å². The van der Waals surface area contributed by atoms with Gasteiger partial charge in [0.05, 0.1) is 15.7 Å². The molecule has 1 heterocycles. The summed E-state index contributed by atoms with van der Waals surface area (Å²) in [5.74, 6) is -2.59. The first-order valence-electron chi connectivity index (χ1n) is 11.0. The summed E-state index contributed by atoms with van der Waals surface area (Å²) in [6.45, 7) is 3.32. The van der Waals surface area contributed by atoms with E-state index < -0.39 is 17.8 Å². The molecular weight excluding hydrogens is 449 g/mol. The van der Waals surface area contributed by atoms with E-state index in [-0.39, 0.29) is 5.91 Å². The molecule has 2 aromatic rings. The van der Waals surface area contributed by atoms with Gasteiger partial charge in [-0.1, -0.05) is 42.1 Å². The SMILES string of the molecule is O=C(Nc1ccc(N2CCN(c3cccc(Cl)c3Cl)CC2)cc1)[C@H]1CCCC[C@H]1C(=O)[O-]. The number of amides is 1. The van der Waals surface area contributed by atoms with Crippen LogP contribution in [-0.4, -0.2) is 38.1 Å². The molecule has 2 aromatic carbocycles. The molecule has 0 spiro atoms. The molecule has 1 aliphatic carbocycles. The monoisotopic (exact) mass is 474 g/mol. The summed E-state index contributed by atoms with van der Waals surface area (Å²) >= 11 is 12.5. The Morgan fingerprint density at radius 3 is 2.16 bits per heavy atom. The molecule has 8 heteroatoms. The van der Waals surface area contributed by atoms with E-state index in [0.29, 0.717) is 28.6 Å². The van der Waals surface area contributed by atoms with E-state index in [9.17, 15) is 14.7 Å². The molecule has 6 nitrogen and oxygen atoms in total. The van der Waals surface area contributed by atoms with Crippen LogP contribution in [0, 0.1) is 11.8 Å². The minimum absolute atomic E-state index is 0.237. The highest BCUT2D eigenvalue weighted by molar-refractivity contribution is 6.43. The molecule has 2 atom stereocenters. The van der Waals surface area contributed by atoms with Crippen molar-refractivity contribution in [2.24, 2.45) is 11.8 Å². The molecule has 2 fully saturated rings. The van der Waals surface area contributed by atoms with Crippen LogP contribution in [0.15, 0.2) is 42.5 Å². The Morgan fingerprint density at radius 1 is 0.875 bits per heavy atom. The van der Waals surface area contributed by atoms with E-state index in [1.165, 1.54) is 0 Å². The largest absolute Gasteiger partial charge is 0.550 e. The molecule has 1 saturated carbocycles. The number of halogens is 2. The van der Waals surface area contributed by atoms with Gasteiger partial charge in [0.15, 0.2) is 0 Å². The summed E-state index contributed by atoms with van der Waals surface area (Å²) in [5.41, 5.74) is 2.70. The molecule has 0 aromatic heterocycles. The maximum atomic E-state index is 12.7. The van der Waals surface area contributed by atoms with Crippen LogP contribution in [0.2, 0.25) is 10.0 Å². The second kappa shape index (κ2) is 10.0. The predicted molar refractivity (Wildman–Crippen MR) is 126 cm³/mol. The lowest BCUT2D eigenvalue weighted by Crippen LogP contribution is -2.46. The zero-order valence-corrected chi connectivity index (χ0v) is 19.2. The van der Waals surface area contributed by atoms with Crippen molar-refractivity contribution in [1.29, 1.82) is 0 Å². The summed E-state index contributed by atoms with van der Waals surface area (Å²) in [6.07, 6.45) is 2.79. The Morgan fingerprint density at radius 2 is 1.50 bits per heavy atom. The van der Waals surface area contributed by atoms with E-state index in [4.69, 9.17) is 23.2 Å². The lowest BCUT2D eigenvalue weighted by Gasteiger charge is -2.37. The molecule has 2 aliphatic rings. The van der Waals surface area contributed by atoms with Gasteiger partial charge in [-0.25, -0.2) is 0 Å². The summed E-state index contributed by atoms with van der Waals surface area (Å²) in [4.78, 5) is 28.5. The molecular formula is C24H26Cl2N3O3-. The van der Waals surface area contributed by atoms with Gasteiger partial charge in [0.25, 0.3) is 0 Å². The van der Waals surface area contributed by atoms with Gasteiger partial charge in [0.2, 0.25) is 5.91 Å². The van der Waals surface area contributed by atoms with Crippen molar-refractivity contribution < 1.29 is 14.7 Å². The lowest BCUT2D eigenvalue weighted by atomic mass is 9.78. The third-order valence-electron chi connectivity index (χ3n) is 6.46. The zero-order chi connectivity index (χ0) is 22.7. The highest BCUT2D eigenvalue weighted by Gasteiger charge is 2.31. The van der Waals surface area contributed by atoms with E-state index in [2.05, 4.69) is 15.1 Å². The third kappa shape index (κ3) is 4.97. The van der Waals surface area contributed by atoms with Crippen molar-refractivity contribution >= 4 is 52.1 Å². The number of carboxylic acids is 1. The van der Waals surface area contributed by atoms with Gasteiger partial charge < -0.3 is 25.0 Å². The highest BCUT2D eigenvalue weighted by Crippen LogP contribution is 2.34. The second-order valence-corrected chi connectivity index (χ2v) is 9.18. The molecule has 1 saturated heterocycles. The maximum Gasteiger partial charge on any atom is 0.228 e. The van der Waals surface area contributed by atoms with Gasteiger partial charge in [0.1, 0.15) is 0 Å². The van der Waals surface area contributed by atoms with Crippen LogP contribution >= 0.6 is 23.2 Å². The van der Waals surface area contributed by atoms with Crippen LogP contribution in [0.5, 0.6) is 0 Å². The standard InChI is InChI=1S/C24H27Cl2N3O3/c25-20-6-3-7-21(22(20)26)29-14-12-28(13-15-29)17-10-8-16(9-11-17)27-23(30)18-4-1-2-5-19(18)24(31)32/h3,6-11,18-19H,1-2,4-5,12-15H2,(H,27,30)(H,31,32)/p-1/t18-,19+/m0/s1. The Hall–Kier alpha value is -2.44. The molecule has 170 valence electrons. The van der Waals surface area contributed by atoms with Crippen LogP contribution in [0.4, 0.5) is 17.1 Å². The molecule has 32 heavy (non-hydrogen) atoms. The maximum absolute atomic E-state index is 12.7. The summed E-state index contributed by atoms with van der Waals surface area (Å²) in [6, 6.07) is 13.4. The third-order valence-corrected chi connectivity index (χ3v) is 7.27. The fraction of sp³-hybridized carbons (Fsp3) is 0.417. The van der Waals surface area contributed by atoms with Crippen LogP contribution in [-0.2, 0) is 9.59 Å². The zero-order valence-electron chi connectivity index (χ0n) is 17.7. The fourth-order valence-corrected chi connectivity index (χ4v) is 5.07. The van der Waals surface area contributed by atoms with Crippen molar-refractivity contribution in [3.63, 3.8) is 0 Å².